The van der Waals surface area contributed by atoms with Crippen LogP contribution in [0.1, 0.15) is 49.6 Å². The van der Waals surface area contributed by atoms with Gasteiger partial charge in [0.1, 0.15) is 5.25 Å². The first-order chi connectivity index (χ1) is 14.2. The molecule has 2 aromatic rings. The Labute approximate surface area is 178 Å². The molecule has 1 aliphatic heterocycles. The SMILES string of the molecule is CC(C)C(c1ccccc1)S(=O)(=O)NC(=O)C1CC(=O)N(C(C)c2ccccc2)C1. The number of amides is 2. The Morgan fingerprint density at radius 3 is 2.03 bits per heavy atom. The van der Waals surface area contributed by atoms with Crippen LogP contribution in [-0.2, 0) is 19.6 Å². The molecule has 0 bridgehead atoms. The molecule has 160 valence electrons. The highest BCUT2D eigenvalue weighted by Gasteiger charge is 2.40. The summed E-state index contributed by atoms with van der Waals surface area (Å²) in [4.78, 5) is 27.0. The van der Waals surface area contributed by atoms with E-state index in [1.807, 2.05) is 57.2 Å². The van der Waals surface area contributed by atoms with Crippen LogP contribution in [0.5, 0.6) is 0 Å². The second-order valence-corrected chi connectivity index (χ2v) is 9.92. The van der Waals surface area contributed by atoms with Gasteiger partial charge in [0.15, 0.2) is 0 Å². The molecular formula is C23H28N2O4S. The molecule has 2 aromatic carbocycles. The highest BCUT2D eigenvalue weighted by Crippen LogP contribution is 2.31. The Morgan fingerprint density at radius 1 is 0.967 bits per heavy atom. The van der Waals surface area contributed by atoms with Crippen LogP contribution in [-0.4, -0.2) is 31.7 Å². The molecule has 1 heterocycles. The van der Waals surface area contributed by atoms with Crippen LogP contribution in [0.25, 0.3) is 0 Å². The molecule has 0 aliphatic carbocycles. The first-order valence-electron chi connectivity index (χ1n) is 10.2. The lowest BCUT2D eigenvalue weighted by atomic mass is 10.0. The number of likely N-dealkylation sites (tertiary alicyclic amines) is 1. The van der Waals surface area contributed by atoms with Crippen LogP contribution in [0.15, 0.2) is 60.7 Å². The van der Waals surface area contributed by atoms with Gasteiger partial charge in [-0.3, -0.25) is 14.3 Å². The van der Waals surface area contributed by atoms with Crippen molar-refractivity contribution < 1.29 is 18.0 Å². The van der Waals surface area contributed by atoms with Crippen molar-refractivity contribution in [3.8, 4) is 0 Å². The van der Waals surface area contributed by atoms with Gasteiger partial charge in [0.05, 0.1) is 12.0 Å². The third kappa shape index (κ3) is 4.73. The summed E-state index contributed by atoms with van der Waals surface area (Å²) in [7, 11) is -3.95. The zero-order chi connectivity index (χ0) is 21.9. The quantitative estimate of drug-likeness (QED) is 0.732. The van der Waals surface area contributed by atoms with E-state index in [2.05, 4.69) is 4.72 Å². The lowest BCUT2D eigenvalue weighted by Gasteiger charge is -2.25. The molecule has 3 rings (SSSR count). The van der Waals surface area contributed by atoms with Crippen molar-refractivity contribution in [2.75, 3.05) is 6.54 Å². The van der Waals surface area contributed by atoms with Gasteiger partial charge >= 0.3 is 0 Å². The minimum absolute atomic E-state index is 0.0101. The number of benzene rings is 2. The van der Waals surface area contributed by atoms with Gasteiger partial charge in [0.2, 0.25) is 21.8 Å². The third-order valence-electron chi connectivity index (χ3n) is 5.59. The summed E-state index contributed by atoms with van der Waals surface area (Å²) in [5, 5.41) is -0.848. The standard InChI is InChI=1S/C23H28N2O4S/c1-16(2)22(19-12-8-5-9-13-19)30(28,29)24-23(27)20-14-21(26)25(15-20)17(3)18-10-6-4-7-11-18/h4-13,16-17,20,22H,14-15H2,1-3H3,(H,24,27). The van der Waals surface area contributed by atoms with Crippen LogP contribution >= 0.6 is 0 Å². The Hall–Kier alpha value is -2.67. The van der Waals surface area contributed by atoms with Gasteiger partial charge in [-0.2, -0.15) is 0 Å². The van der Waals surface area contributed by atoms with E-state index in [-0.39, 0.29) is 30.8 Å². The maximum absolute atomic E-state index is 13.0. The molecule has 7 heteroatoms. The number of hydrogen-bond acceptors (Lipinski definition) is 4. The smallest absolute Gasteiger partial charge is 0.242 e. The average molecular weight is 429 g/mol. The first-order valence-corrected chi connectivity index (χ1v) is 11.7. The van der Waals surface area contributed by atoms with Crippen molar-refractivity contribution >= 4 is 21.8 Å². The molecule has 3 atom stereocenters. The molecule has 1 aliphatic rings. The second kappa shape index (κ2) is 9.00. The highest BCUT2D eigenvalue weighted by molar-refractivity contribution is 7.90. The highest BCUT2D eigenvalue weighted by atomic mass is 32.2. The molecule has 1 saturated heterocycles. The van der Waals surface area contributed by atoms with Crippen molar-refractivity contribution in [1.82, 2.24) is 9.62 Å². The number of nitrogens with zero attached hydrogens (tertiary/aromatic N) is 1. The van der Waals surface area contributed by atoms with Gasteiger partial charge in [-0.25, -0.2) is 8.42 Å². The van der Waals surface area contributed by atoms with Gasteiger partial charge in [-0.1, -0.05) is 74.5 Å². The molecule has 2 amide bonds. The van der Waals surface area contributed by atoms with E-state index in [1.165, 1.54) is 0 Å². The van der Waals surface area contributed by atoms with E-state index in [1.54, 1.807) is 29.2 Å². The lowest BCUT2D eigenvalue weighted by molar-refractivity contribution is -0.130. The summed E-state index contributed by atoms with van der Waals surface area (Å²) in [6.07, 6.45) is 0.0101. The summed E-state index contributed by atoms with van der Waals surface area (Å²) >= 11 is 0. The second-order valence-electron chi connectivity index (χ2n) is 8.12. The molecule has 0 radical (unpaired) electrons. The van der Waals surface area contributed by atoms with E-state index in [4.69, 9.17) is 0 Å². The Bertz CT molecular complexity index is 990. The van der Waals surface area contributed by atoms with E-state index >= 15 is 0 Å². The first kappa shape index (κ1) is 22.0. The van der Waals surface area contributed by atoms with Crippen molar-refractivity contribution in [2.45, 2.75) is 38.5 Å². The van der Waals surface area contributed by atoms with Gasteiger partial charge in [0.25, 0.3) is 0 Å². The van der Waals surface area contributed by atoms with Crippen molar-refractivity contribution in [3.63, 3.8) is 0 Å². The lowest BCUT2D eigenvalue weighted by Crippen LogP contribution is -2.40. The van der Waals surface area contributed by atoms with Crippen molar-refractivity contribution in [1.29, 1.82) is 0 Å². The molecular weight excluding hydrogens is 400 g/mol. The fourth-order valence-corrected chi connectivity index (χ4v) is 5.85. The number of carbonyl (C=O) groups is 2. The van der Waals surface area contributed by atoms with Gasteiger partial charge < -0.3 is 4.90 Å². The molecule has 1 fully saturated rings. The Morgan fingerprint density at radius 2 is 1.50 bits per heavy atom. The molecule has 30 heavy (non-hydrogen) atoms. The van der Waals surface area contributed by atoms with E-state index < -0.39 is 27.1 Å². The summed E-state index contributed by atoms with van der Waals surface area (Å²) in [6, 6.07) is 18.3. The number of sulfonamides is 1. The summed E-state index contributed by atoms with van der Waals surface area (Å²) in [6.45, 7) is 5.73. The third-order valence-corrected chi connectivity index (χ3v) is 7.56. The largest absolute Gasteiger partial charge is 0.335 e. The molecule has 3 unspecified atom stereocenters. The number of carbonyl (C=O) groups excluding carboxylic acids is 2. The molecule has 0 spiro atoms. The van der Waals surface area contributed by atoms with Crippen LogP contribution in [0, 0.1) is 11.8 Å². The summed E-state index contributed by atoms with van der Waals surface area (Å²) < 4.78 is 28.3. The van der Waals surface area contributed by atoms with E-state index in [0.29, 0.717) is 5.56 Å². The number of nitrogens with one attached hydrogen (secondary N) is 1. The maximum Gasteiger partial charge on any atom is 0.242 e. The number of rotatable bonds is 7. The zero-order valence-electron chi connectivity index (χ0n) is 17.5. The fourth-order valence-electron chi connectivity index (χ4n) is 4.05. The monoisotopic (exact) mass is 428 g/mol. The topological polar surface area (TPSA) is 83.5 Å². The minimum Gasteiger partial charge on any atom is -0.335 e. The molecule has 0 saturated carbocycles. The average Bonchev–Trinajstić information content (AvgIpc) is 3.10. The minimum atomic E-state index is -3.95. The fraction of sp³-hybridized carbons (Fsp3) is 0.391. The van der Waals surface area contributed by atoms with Gasteiger partial charge in [0, 0.05) is 13.0 Å². The number of hydrogen-bond donors (Lipinski definition) is 1. The zero-order valence-corrected chi connectivity index (χ0v) is 18.3. The normalized spacial score (nSPS) is 19.0. The van der Waals surface area contributed by atoms with Crippen LogP contribution < -0.4 is 4.72 Å². The van der Waals surface area contributed by atoms with Crippen LogP contribution in [0.2, 0.25) is 0 Å². The van der Waals surface area contributed by atoms with Gasteiger partial charge in [-0.15, -0.1) is 0 Å². The Kier molecular flexibility index (Phi) is 6.61. The van der Waals surface area contributed by atoms with E-state index in [9.17, 15) is 18.0 Å². The molecule has 6 nitrogen and oxygen atoms in total. The van der Waals surface area contributed by atoms with Gasteiger partial charge in [-0.05, 0) is 24.0 Å². The van der Waals surface area contributed by atoms with Crippen LogP contribution in [0.4, 0.5) is 0 Å². The van der Waals surface area contributed by atoms with Crippen molar-refractivity contribution in [3.05, 3.63) is 71.8 Å². The predicted octanol–water partition coefficient (Wildman–Crippen LogP) is 3.44. The predicted molar refractivity (Wildman–Crippen MR) is 116 cm³/mol. The van der Waals surface area contributed by atoms with Crippen molar-refractivity contribution in [2.24, 2.45) is 11.8 Å². The molecule has 1 N–H and O–H groups in total. The summed E-state index contributed by atoms with van der Waals surface area (Å²) in [5.41, 5.74) is 1.61. The maximum atomic E-state index is 13.0. The summed E-state index contributed by atoms with van der Waals surface area (Å²) in [5.74, 6) is -1.68. The Balaban J connectivity index is 1.73. The molecule has 0 aromatic heterocycles. The van der Waals surface area contributed by atoms with E-state index in [0.717, 1.165) is 5.56 Å². The van der Waals surface area contributed by atoms with Crippen LogP contribution in [0.3, 0.4) is 0 Å².